The summed E-state index contributed by atoms with van der Waals surface area (Å²) in [5.41, 5.74) is 0.448. The van der Waals surface area contributed by atoms with Gasteiger partial charge in [-0.15, -0.1) is 6.42 Å². The average molecular weight is 227 g/mol. The van der Waals surface area contributed by atoms with Crippen LogP contribution in [0.4, 0.5) is 0 Å². The molecule has 1 aromatic carbocycles. The molecule has 0 atom stereocenters. The molecule has 0 fully saturated rings. The maximum absolute atomic E-state index is 12.2. The van der Waals surface area contributed by atoms with Crippen LogP contribution in [0.3, 0.4) is 0 Å². The molecule has 0 aliphatic carbocycles. The van der Waals surface area contributed by atoms with Gasteiger partial charge in [0.2, 0.25) is 5.91 Å². The van der Waals surface area contributed by atoms with E-state index in [1.165, 1.54) is 4.90 Å². The predicted octanol–water partition coefficient (Wildman–Crippen LogP) is 1.62. The van der Waals surface area contributed by atoms with Gasteiger partial charge in [0.15, 0.2) is 0 Å². The Balaban J connectivity index is 2.52. The Bertz CT molecular complexity index is 537. The number of carbonyl (C=O) groups is 2. The fraction of sp³-hybridized carbons (Fsp3) is 0.286. The molecule has 3 nitrogen and oxygen atoms in total. The normalized spacial score (nSPS) is 15.5. The van der Waals surface area contributed by atoms with Gasteiger partial charge >= 0.3 is 0 Å². The number of rotatable bonds is 1. The maximum Gasteiger partial charge on any atom is 0.262 e. The number of nitrogens with zero attached hydrogens (tertiary/aromatic N) is 1. The van der Waals surface area contributed by atoms with Gasteiger partial charge in [0.1, 0.15) is 5.54 Å². The van der Waals surface area contributed by atoms with Crippen LogP contribution in [0.2, 0.25) is 0 Å². The summed E-state index contributed by atoms with van der Waals surface area (Å²) >= 11 is 0. The number of hydrogen-bond acceptors (Lipinski definition) is 2. The molecular formula is C14H13NO2. The number of amides is 2. The lowest BCUT2D eigenvalue weighted by atomic mass is 9.93. The second-order valence-corrected chi connectivity index (χ2v) is 4.57. The van der Waals surface area contributed by atoms with Crippen molar-refractivity contribution in [3.05, 3.63) is 35.4 Å². The lowest BCUT2D eigenvalue weighted by Crippen LogP contribution is -2.53. The Morgan fingerprint density at radius 3 is 2.59 bits per heavy atom. The van der Waals surface area contributed by atoms with E-state index in [4.69, 9.17) is 6.42 Å². The van der Waals surface area contributed by atoms with Gasteiger partial charge in [-0.25, -0.2) is 0 Å². The molecule has 0 saturated carbocycles. The minimum absolute atomic E-state index is 0.229. The molecule has 0 N–H and O–H groups in total. The lowest BCUT2D eigenvalue weighted by molar-refractivity contribution is -0.131. The van der Waals surface area contributed by atoms with Crippen molar-refractivity contribution in [2.75, 3.05) is 0 Å². The fourth-order valence-corrected chi connectivity index (χ4v) is 1.99. The van der Waals surface area contributed by atoms with E-state index in [1.54, 1.807) is 32.0 Å². The first-order valence-electron chi connectivity index (χ1n) is 5.40. The number of carbonyl (C=O) groups excluding carboxylic acids is 2. The van der Waals surface area contributed by atoms with Gasteiger partial charge in [0.05, 0.1) is 6.42 Å². The number of fused-ring (bicyclic) bond motifs is 1. The van der Waals surface area contributed by atoms with Gasteiger partial charge in [-0.05, 0) is 25.5 Å². The van der Waals surface area contributed by atoms with Crippen molar-refractivity contribution < 1.29 is 9.59 Å². The van der Waals surface area contributed by atoms with E-state index in [1.807, 2.05) is 6.07 Å². The molecule has 0 unspecified atom stereocenters. The fourth-order valence-electron chi connectivity index (χ4n) is 1.99. The first-order chi connectivity index (χ1) is 7.97. The van der Waals surface area contributed by atoms with Crippen LogP contribution in [0.25, 0.3) is 0 Å². The van der Waals surface area contributed by atoms with Crippen LogP contribution in [0.1, 0.15) is 29.8 Å². The average Bonchev–Trinajstić information content (AvgIpc) is 2.28. The molecule has 2 rings (SSSR count). The third kappa shape index (κ3) is 1.72. The SMILES string of the molecule is C#CC(C)(C)N1C(=O)Cc2ccccc2C1=O. The molecular weight excluding hydrogens is 214 g/mol. The number of terminal acetylenes is 1. The van der Waals surface area contributed by atoms with E-state index in [-0.39, 0.29) is 18.2 Å². The van der Waals surface area contributed by atoms with Crippen molar-refractivity contribution in [2.45, 2.75) is 25.8 Å². The molecule has 17 heavy (non-hydrogen) atoms. The molecule has 1 aliphatic heterocycles. The molecule has 1 aromatic rings. The van der Waals surface area contributed by atoms with Crippen LogP contribution in [0, 0.1) is 12.3 Å². The third-order valence-corrected chi connectivity index (χ3v) is 2.95. The Kier molecular flexibility index (Phi) is 2.51. The monoisotopic (exact) mass is 227 g/mol. The highest BCUT2D eigenvalue weighted by Crippen LogP contribution is 2.25. The summed E-state index contributed by atoms with van der Waals surface area (Å²) < 4.78 is 0. The third-order valence-electron chi connectivity index (χ3n) is 2.95. The second-order valence-electron chi connectivity index (χ2n) is 4.57. The van der Waals surface area contributed by atoms with Crippen LogP contribution in [-0.4, -0.2) is 22.3 Å². The van der Waals surface area contributed by atoms with Crippen molar-refractivity contribution in [3.8, 4) is 12.3 Å². The zero-order valence-corrected chi connectivity index (χ0v) is 9.86. The Hall–Kier alpha value is -2.08. The smallest absolute Gasteiger partial charge is 0.262 e. The summed E-state index contributed by atoms with van der Waals surface area (Å²) in [6.07, 6.45) is 5.61. The van der Waals surface area contributed by atoms with Crippen LogP contribution in [-0.2, 0) is 11.2 Å². The van der Waals surface area contributed by atoms with E-state index in [0.29, 0.717) is 5.56 Å². The molecule has 0 saturated heterocycles. The van der Waals surface area contributed by atoms with Gasteiger partial charge in [0.25, 0.3) is 5.91 Å². The number of imide groups is 1. The van der Waals surface area contributed by atoms with Crippen LogP contribution in [0.5, 0.6) is 0 Å². The number of hydrogen-bond donors (Lipinski definition) is 0. The summed E-state index contributed by atoms with van der Waals surface area (Å²) in [6, 6.07) is 7.13. The summed E-state index contributed by atoms with van der Waals surface area (Å²) in [7, 11) is 0. The summed E-state index contributed by atoms with van der Waals surface area (Å²) in [5.74, 6) is 1.94. The first-order valence-corrected chi connectivity index (χ1v) is 5.40. The van der Waals surface area contributed by atoms with E-state index < -0.39 is 5.54 Å². The molecule has 3 heteroatoms. The highest BCUT2D eigenvalue weighted by molar-refractivity contribution is 6.10. The molecule has 0 aromatic heterocycles. The molecule has 0 spiro atoms. The van der Waals surface area contributed by atoms with E-state index in [9.17, 15) is 9.59 Å². The van der Waals surface area contributed by atoms with Crippen LogP contribution >= 0.6 is 0 Å². The predicted molar refractivity (Wildman–Crippen MR) is 64.2 cm³/mol. The standard InChI is InChI=1S/C14H13NO2/c1-4-14(2,3)15-12(16)9-10-7-5-6-8-11(10)13(15)17/h1,5-8H,9H2,2-3H3. The van der Waals surface area contributed by atoms with Crippen LogP contribution in [0.15, 0.2) is 24.3 Å². The first kappa shape index (κ1) is 11.4. The molecule has 1 aliphatic rings. The minimum Gasteiger partial charge on any atom is -0.274 e. The van der Waals surface area contributed by atoms with E-state index in [2.05, 4.69) is 5.92 Å². The summed E-state index contributed by atoms with van der Waals surface area (Å²) in [4.78, 5) is 25.4. The molecule has 86 valence electrons. The zero-order chi connectivity index (χ0) is 12.6. The zero-order valence-electron chi connectivity index (χ0n) is 9.86. The van der Waals surface area contributed by atoms with Crippen molar-refractivity contribution in [3.63, 3.8) is 0 Å². The van der Waals surface area contributed by atoms with Crippen molar-refractivity contribution >= 4 is 11.8 Å². The van der Waals surface area contributed by atoms with Gasteiger partial charge in [-0.1, -0.05) is 24.1 Å². The molecule has 0 bridgehead atoms. The van der Waals surface area contributed by atoms with Crippen molar-refractivity contribution in [1.29, 1.82) is 0 Å². The Labute approximate surface area is 100 Å². The molecule has 0 radical (unpaired) electrons. The van der Waals surface area contributed by atoms with E-state index >= 15 is 0 Å². The number of benzene rings is 1. The van der Waals surface area contributed by atoms with Gasteiger partial charge in [-0.2, -0.15) is 0 Å². The highest BCUT2D eigenvalue weighted by Gasteiger charge is 2.39. The van der Waals surface area contributed by atoms with Crippen molar-refractivity contribution in [2.24, 2.45) is 0 Å². The minimum atomic E-state index is -0.887. The molecule has 2 amide bonds. The van der Waals surface area contributed by atoms with E-state index in [0.717, 1.165) is 5.56 Å². The lowest BCUT2D eigenvalue weighted by Gasteiger charge is -2.36. The topological polar surface area (TPSA) is 37.4 Å². The second kappa shape index (κ2) is 3.74. The summed E-state index contributed by atoms with van der Waals surface area (Å²) in [6.45, 7) is 3.38. The Morgan fingerprint density at radius 2 is 1.94 bits per heavy atom. The summed E-state index contributed by atoms with van der Waals surface area (Å²) in [5, 5.41) is 0. The quantitative estimate of drug-likeness (QED) is 0.540. The van der Waals surface area contributed by atoms with Gasteiger partial charge in [-0.3, -0.25) is 14.5 Å². The Morgan fingerprint density at radius 1 is 1.29 bits per heavy atom. The maximum atomic E-state index is 12.2. The van der Waals surface area contributed by atoms with Crippen molar-refractivity contribution in [1.82, 2.24) is 4.90 Å². The largest absolute Gasteiger partial charge is 0.274 e. The molecule has 1 heterocycles. The highest BCUT2D eigenvalue weighted by atomic mass is 16.2. The van der Waals surface area contributed by atoms with Crippen LogP contribution < -0.4 is 0 Å². The van der Waals surface area contributed by atoms with Gasteiger partial charge < -0.3 is 0 Å². The van der Waals surface area contributed by atoms with Gasteiger partial charge in [0, 0.05) is 5.56 Å².